The van der Waals surface area contributed by atoms with Crippen LogP contribution in [0.1, 0.15) is 69.0 Å². The van der Waals surface area contributed by atoms with Crippen LogP contribution in [0.4, 0.5) is 0 Å². The van der Waals surface area contributed by atoms with Crippen LogP contribution in [0, 0.1) is 20.8 Å². The van der Waals surface area contributed by atoms with Crippen molar-refractivity contribution in [3.63, 3.8) is 0 Å². The van der Waals surface area contributed by atoms with Gasteiger partial charge in [0.2, 0.25) is 0 Å². The molecule has 28 heavy (non-hydrogen) atoms. The lowest BCUT2D eigenvalue weighted by Crippen LogP contribution is -2.33. The van der Waals surface area contributed by atoms with Crippen LogP contribution in [-0.2, 0) is 12.8 Å². The van der Waals surface area contributed by atoms with Gasteiger partial charge in [-0.25, -0.2) is 4.98 Å². The molecule has 1 aromatic carbocycles. The Morgan fingerprint density at radius 3 is 2.64 bits per heavy atom. The zero-order valence-electron chi connectivity index (χ0n) is 16.8. The second-order valence-corrected chi connectivity index (χ2v) is 8.82. The molecule has 0 saturated heterocycles. The number of nitrogens with zero attached hydrogens (tertiary/aromatic N) is 2. The van der Waals surface area contributed by atoms with Crippen LogP contribution in [0.2, 0.25) is 0 Å². The molecule has 0 saturated carbocycles. The highest BCUT2D eigenvalue weighted by Crippen LogP contribution is 2.28. The fourth-order valence-electron chi connectivity index (χ4n) is 4.03. The normalized spacial score (nSPS) is 14.7. The van der Waals surface area contributed by atoms with Gasteiger partial charge in [-0.2, -0.15) is 0 Å². The van der Waals surface area contributed by atoms with Gasteiger partial charge in [0.05, 0.1) is 6.04 Å². The zero-order valence-corrected chi connectivity index (χ0v) is 17.6. The van der Waals surface area contributed by atoms with E-state index in [9.17, 15) is 9.59 Å². The second kappa shape index (κ2) is 7.17. The molecule has 4 rings (SSSR count). The van der Waals surface area contributed by atoms with Gasteiger partial charge in [-0.1, -0.05) is 12.1 Å². The molecule has 1 N–H and O–H groups in total. The molecular formula is C22H25N3O2S. The average Bonchev–Trinajstić information content (AvgIpc) is 3.04. The van der Waals surface area contributed by atoms with Gasteiger partial charge in [0.15, 0.2) is 4.96 Å². The summed E-state index contributed by atoms with van der Waals surface area (Å²) in [6.07, 6.45) is 5.52. The quantitative estimate of drug-likeness (QED) is 0.728. The van der Waals surface area contributed by atoms with Crippen LogP contribution in [0.5, 0.6) is 0 Å². The standard InChI is InChI=1S/C22H25N3O2S/c1-12-9-14(3)16(10-13(12)2)15(4)24-20(26)17-11-23-22-25(21(17)27)18-7-5-6-8-19(18)28-22/h9-11,15H,5-8H2,1-4H3,(H,24,26). The Bertz CT molecular complexity index is 1140. The van der Waals surface area contributed by atoms with Gasteiger partial charge < -0.3 is 5.32 Å². The Kier molecular flexibility index (Phi) is 4.83. The molecule has 1 aliphatic carbocycles. The van der Waals surface area contributed by atoms with Crippen LogP contribution in [0.15, 0.2) is 23.1 Å². The fraction of sp³-hybridized carbons (Fsp3) is 0.409. The monoisotopic (exact) mass is 395 g/mol. The molecule has 0 spiro atoms. The van der Waals surface area contributed by atoms with Gasteiger partial charge in [0, 0.05) is 16.8 Å². The molecule has 0 fully saturated rings. The first kappa shape index (κ1) is 18.9. The van der Waals surface area contributed by atoms with E-state index in [4.69, 9.17) is 0 Å². The number of aromatic nitrogens is 2. The number of thiazole rings is 1. The van der Waals surface area contributed by atoms with E-state index in [-0.39, 0.29) is 23.1 Å². The van der Waals surface area contributed by atoms with Crippen molar-refractivity contribution < 1.29 is 4.79 Å². The molecule has 2 heterocycles. The summed E-state index contributed by atoms with van der Waals surface area (Å²) in [6.45, 7) is 8.14. The minimum Gasteiger partial charge on any atom is -0.345 e. The number of rotatable bonds is 3. The summed E-state index contributed by atoms with van der Waals surface area (Å²) in [7, 11) is 0. The lowest BCUT2D eigenvalue weighted by molar-refractivity contribution is 0.0937. The summed E-state index contributed by atoms with van der Waals surface area (Å²) in [6, 6.07) is 4.05. The van der Waals surface area contributed by atoms with Gasteiger partial charge in [0.25, 0.3) is 11.5 Å². The number of fused-ring (bicyclic) bond motifs is 3. The number of nitrogens with one attached hydrogen (secondary N) is 1. The lowest BCUT2D eigenvalue weighted by Gasteiger charge is -2.18. The lowest BCUT2D eigenvalue weighted by atomic mass is 9.96. The smallest absolute Gasteiger partial charge is 0.271 e. The van der Waals surface area contributed by atoms with Crippen LogP contribution in [-0.4, -0.2) is 15.3 Å². The third kappa shape index (κ3) is 3.15. The minimum absolute atomic E-state index is 0.108. The maximum Gasteiger partial charge on any atom is 0.271 e. The number of benzene rings is 1. The number of hydrogen-bond acceptors (Lipinski definition) is 4. The number of hydrogen-bond donors (Lipinski definition) is 1. The molecule has 0 bridgehead atoms. The van der Waals surface area contributed by atoms with Gasteiger partial charge in [0.1, 0.15) is 5.56 Å². The summed E-state index contributed by atoms with van der Waals surface area (Å²) in [5, 5.41) is 2.99. The molecule has 3 aromatic rings. The predicted molar refractivity (Wildman–Crippen MR) is 113 cm³/mol. The largest absolute Gasteiger partial charge is 0.345 e. The highest BCUT2D eigenvalue weighted by Gasteiger charge is 2.22. The number of carbonyl (C=O) groups excluding carboxylic acids is 1. The molecule has 1 atom stereocenters. The number of aryl methyl sites for hydroxylation is 5. The van der Waals surface area contributed by atoms with Crippen LogP contribution < -0.4 is 10.9 Å². The Morgan fingerprint density at radius 2 is 1.86 bits per heavy atom. The molecular weight excluding hydrogens is 370 g/mol. The predicted octanol–water partition coefficient (Wildman–Crippen LogP) is 4.05. The van der Waals surface area contributed by atoms with E-state index in [1.807, 2.05) is 13.8 Å². The van der Waals surface area contributed by atoms with Crippen molar-refractivity contribution in [1.82, 2.24) is 14.7 Å². The van der Waals surface area contributed by atoms with Gasteiger partial charge in [-0.15, -0.1) is 11.3 Å². The minimum atomic E-state index is -0.368. The van der Waals surface area contributed by atoms with Crippen LogP contribution in [0.25, 0.3) is 4.96 Å². The van der Waals surface area contributed by atoms with Crippen molar-refractivity contribution in [2.45, 2.75) is 59.4 Å². The van der Waals surface area contributed by atoms with Crippen molar-refractivity contribution in [1.29, 1.82) is 0 Å². The maximum absolute atomic E-state index is 13.1. The van der Waals surface area contributed by atoms with Gasteiger partial charge in [-0.3, -0.25) is 14.0 Å². The zero-order chi connectivity index (χ0) is 20.0. The van der Waals surface area contributed by atoms with E-state index in [0.717, 1.165) is 42.5 Å². The Labute approximate surface area is 168 Å². The third-order valence-electron chi connectivity index (χ3n) is 5.74. The van der Waals surface area contributed by atoms with Crippen molar-refractivity contribution in [3.8, 4) is 0 Å². The Balaban J connectivity index is 1.67. The summed E-state index contributed by atoms with van der Waals surface area (Å²) >= 11 is 1.57. The molecule has 1 amide bonds. The molecule has 0 radical (unpaired) electrons. The summed E-state index contributed by atoms with van der Waals surface area (Å²) in [4.78, 5) is 32.3. The van der Waals surface area contributed by atoms with Gasteiger partial charge in [-0.05, 0) is 75.6 Å². The molecule has 2 aromatic heterocycles. The average molecular weight is 396 g/mol. The third-order valence-corrected chi connectivity index (χ3v) is 6.90. The van der Waals surface area contributed by atoms with E-state index in [1.54, 1.807) is 15.7 Å². The van der Waals surface area contributed by atoms with E-state index >= 15 is 0 Å². The van der Waals surface area contributed by atoms with Crippen LogP contribution >= 0.6 is 11.3 Å². The highest BCUT2D eigenvalue weighted by molar-refractivity contribution is 7.17. The van der Waals surface area contributed by atoms with Crippen molar-refractivity contribution in [2.75, 3.05) is 0 Å². The van der Waals surface area contributed by atoms with Crippen molar-refractivity contribution >= 4 is 22.2 Å². The van der Waals surface area contributed by atoms with E-state index in [0.29, 0.717) is 4.96 Å². The Hall–Kier alpha value is -2.47. The van der Waals surface area contributed by atoms with E-state index < -0.39 is 0 Å². The first-order valence-electron chi connectivity index (χ1n) is 9.77. The van der Waals surface area contributed by atoms with Gasteiger partial charge >= 0.3 is 0 Å². The summed E-state index contributed by atoms with van der Waals surface area (Å²) in [5.74, 6) is -0.368. The summed E-state index contributed by atoms with van der Waals surface area (Å²) < 4.78 is 1.65. The van der Waals surface area contributed by atoms with Crippen LogP contribution in [0.3, 0.4) is 0 Å². The number of amides is 1. The number of carbonyl (C=O) groups is 1. The van der Waals surface area contributed by atoms with E-state index in [2.05, 4.69) is 36.3 Å². The van der Waals surface area contributed by atoms with Crippen molar-refractivity contribution in [3.05, 3.63) is 67.1 Å². The molecule has 0 aliphatic heterocycles. The highest BCUT2D eigenvalue weighted by atomic mass is 32.1. The van der Waals surface area contributed by atoms with Crippen molar-refractivity contribution in [2.24, 2.45) is 0 Å². The fourth-order valence-corrected chi connectivity index (χ4v) is 5.19. The SMILES string of the molecule is Cc1cc(C)c(C(C)NC(=O)c2cnc3sc4c(n3c2=O)CCCC4)cc1C. The topological polar surface area (TPSA) is 63.5 Å². The molecule has 6 heteroatoms. The Morgan fingerprint density at radius 1 is 1.14 bits per heavy atom. The molecule has 146 valence electrons. The van der Waals surface area contributed by atoms with E-state index in [1.165, 1.54) is 22.2 Å². The molecule has 1 aliphatic rings. The molecule has 5 nitrogen and oxygen atoms in total. The maximum atomic E-state index is 13.1. The molecule has 1 unspecified atom stereocenters. The summed E-state index contributed by atoms with van der Waals surface area (Å²) in [5.41, 5.74) is 5.51. The first-order chi connectivity index (χ1) is 13.4. The first-order valence-corrected chi connectivity index (χ1v) is 10.6. The second-order valence-electron chi connectivity index (χ2n) is 7.76.